The summed E-state index contributed by atoms with van der Waals surface area (Å²) in [6.07, 6.45) is 1.31. The van der Waals surface area contributed by atoms with Gasteiger partial charge in [0, 0.05) is 0 Å². The van der Waals surface area contributed by atoms with Crippen LogP contribution in [0, 0.1) is 11.3 Å². The van der Waals surface area contributed by atoms with Crippen LogP contribution in [0.2, 0.25) is 0 Å². The fourth-order valence-corrected chi connectivity index (χ4v) is 1.51. The van der Waals surface area contributed by atoms with E-state index < -0.39 is 0 Å². The largest absolute Gasteiger partial charge is 0.489 e. The van der Waals surface area contributed by atoms with Crippen LogP contribution in [0.1, 0.15) is 45.1 Å². The third kappa shape index (κ3) is 3.58. The Hall–Kier alpha value is -1.49. The van der Waals surface area contributed by atoms with Crippen LogP contribution in [-0.2, 0) is 0 Å². The first-order valence-electron chi connectivity index (χ1n) is 5.81. The summed E-state index contributed by atoms with van der Waals surface area (Å²) < 4.78 is 5.77. The summed E-state index contributed by atoms with van der Waals surface area (Å²) in [6.45, 7) is 6.35. The fraction of sp³-hybridized carbons (Fsp3) is 0.500. The Morgan fingerprint density at radius 2 is 2.12 bits per heavy atom. The molecule has 1 unspecified atom stereocenters. The molecule has 0 aliphatic carbocycles. The van der Waals surface area contributed by atoms with E-state index >= 15 is 0 Å². The Bertz CT molecular complexity index is 365. The highest BCUT2D eigenvalue weighted by Crippen LogP contribution is 2.21. The molecule has 1 aromatic rings. The minimum atomic E-state index is 0.00686. The maximum absolute atomic E-state index is 8.66. The molecule has 1 rings (SSSR count). The van der Waals surface area contributed by atoms with Gasteiger partial charge in [-0.2, -0.15) is 5.26 Å². The Morgan fingerprint density at radius 3 is 2.69 bits per heavy atom. The monoisotopic (exact) mass is 217 g/mol. The molecule has 0 N–H and O–H groups in total. The minimum absolute atomic E-state index is 0.00686. The normalized spacial score (nSPS) is 12.2. The van der Waals surface area contributed by atoms with Crippen LogP contribution in [0.15, 0.2) is 24.3 Å². The molecule has 1 aromatic carbocycles. The van der Waals surface area contributed by atoms with Crippen molar-refractivity contribution in [3.63, 3.8) is 0 Å². The predicted octanol–water partition coefficient (Wildman–Crippen LogP) is 3.88. The van der Waals surface area contributed by atoms with Crippen molar-refractivity contribution in [2.75, 3.05) is 0 Å². The summed E-state index contributed by atoms with van der Waals surface area (Å²) >= 11 is 0. The van der Waals surface area contributed by atoms with Crippen molar-refractivity contribution >= 4 is 0 Å². The Labute approximate surface area is 97.9 Å². The van der Waals surface area contributed by atoms with Crippen molar-refractivity contribution in [3.05, 3.63) is 29.8 Å². The number of hydrogen-bond donors (Lipinski definition) is 0. The molecule has 0 fully saturated rings. The lowest BCUT2D eigenvalue weighted by Gasteiger charge is -2.15. The summed E-state index contributed by atoms with van der Waals surface area (Å²) in [7, 11) is 0. The lowest BCUT2D eigenvalue weighted by molar-refractivity contribution is 0.202. The van der Waals surface area contributed by atoms with Crippen LogP contribution in [0.4, 0.5) is 0 Å². The molecule has 86 valence electrons. The number of rotatable bonds is 5. The molecule has 0 heterocycles. The first-order chi connectivity index (χ1) is 7.67. The van der Waals surface area contributed by atoms with Crippen molar-refractivity contribution in [1.29, 1.82) is 5.26 Å². The standard InChI is InChI=1S/C14H19NO/c1-4-13(8-9-15)16-14-7-5-6-12(10-14)11(2)3/h5-7,10-11,13H,4,8H2,1-3H3. The van der Waals surface area contributed by atoms with E-state index in [9.17, 15) is 0 Å². The van der Waals surface area contributed by atoms with E-state index in [1.807, 2.05) is 19.1 Å². The number of hydrogen-bond acceptors (Lipinski definition) is 2. The van der Waals surface area contributed by atoms with E-state index in [2.05, 4.69) is 32.0 Å². The molecule has 0 saturated carbocycles. The van der Waals surface area contributed by atoms with Crippen molar-refractivity contribution in [2.24, 2.45) is 0 Å². The molecule has 1 atom stereocenters. The summed E-state index contributed by atoms with van der Waals surface area (Å²) in [5.74, 6) is 1.37. The van der Waals surface area contributed by atoms with Crippen LogP contribution >= 0.6 is 0 Å². The second-order valence-electron chi connectivity index (χ2n) is 4.24. The lowest BCUT2D eigenvalue weighted by Crippen LogP contribution is -2.14. The quantitative estimate of drug-likeness (QED) is 0.749. The van der Waals surface area contributed by atoms with E-state index in [1.54, 1.807) is 0 Å². The van der Waals surface area contributed by atoms with Crippen molar-refractivity contribution in [3.8, 4) is 11.8 Å². The molecule has 2 nitrogen and oxygen atoms in total. The zero-order valence-corrected chi connectivity index (χ0v) is 10.2. The Kier molecular flexibility index (Phi) is 4.85. The van der Waals surface area contributed by atoms with E-state index in [0.29, 0.717) is 12.3 Å². The van der Waals surface area contributed by atoms with Gasteiger partial charge in [0.1, 0.15) is 11.9 Å². The van der Waals surface area contributed by atoms with Gasteiger partial charge < -0.3 is 4.74 Å². The molecule has 16 heavy (non-hydrogen) atoms. The molecular formula is C14H19NO. The van der Waals surface area contributed by atoms with Crippen LogP contribution < -0.4 is 4.74 Å². The highest BCUT2D eigenvalue weighted by atomic mass is 16.5. The van der Waals surface area contributed by atoms with Gasteiger partial charge in [0.25, 0.3) is 0 Å². The molecule has 0 bridgehead atoms. The van der Waals surface area contributed by atoms with E-state index in [1.165, 1.54) is 5.56 Å². The number of nitrogens with zero attached hydrogens (tertiary/aromatic N) is 1. The average Bonchev–Trinajstić information content (AvgIpc) is 2.29. The van der Waals surface area contributed by atoms with Gasteiger partial charge in [-0.25, -0.2) is 0 Å². The second kappa shape index (κ2) is 6.17. The summed E-state index contributed by atoms with van der Waals surface area (Å²) in [4.78, 5) is 0. The first kappa shape index (κ1) is 12.6. The topological polar surface area (TPSA) is 33.0 Å². The fourth-order valence-electron chi connectivity index (χ4n) is 1.51. The highest BCUT2D eigenvalue weighted by molar-refractivity contribution is 5.30. The van der Waals surface area contributed by atoms with Gasteiger partial charge >= 0.3 is 0 Å². The zero-order valence-electron chi connectivity index (χ0n) is 10.2. The average molecular weight is 217 g/mol. The molecule has 0 aliphatic heterocycles. The number of nitriles is 1. The van der Waals surface area contributed by atoms with Crippen LogP contribution in [0.25, 0.3) is 0 Å². The lowest BCUT2D eigenvalue weighted by atomic mass is 10.0. The van der Waals surface area contributed by atoms with Crippen molar-refractivity contribution < 1.29 is 4.74 Å². The number of benzene rings is 1. The molecular weight excluding hydrogens is 198 g/mol. The summed E-state index contributed by atoms with van der Waals surface area (Å²) in [6, 6.07) is 10.3. The predicted molar refractivity (Wildman–Crippen MR) is 65.5 cm³/mol. The smallest absolute Gasteiger partial charge is 0.120 e. The van der Waals surface area contributed by atoms with Crippen molar-refractivity contribution in [1.82, 2.24) is 0 Å². The van der Waals surface area contributed by atoms with Gasteiger partial charge in [0.15, 0.2) is 0 Å². The molecule has 0 amide bonds. The van der Waals surface area contributed by atoms with Crippen LogP contribution in [0.3, 0.4) is 0 Å². The van der Waals surface area contributed by atoms with Gasteiger partial charge in [-0.05, 0) is 30.0 Å². The Balaban J connectivity index is 2.73. The third-order valence-corrected chi connectivity index (χ3v) is 2.60. The second-order valence-corrected chi connectivity index (χ2v) is 4.24. The minimum Gasteiger partial charge on any atom is -0.489 e. The van der Waals surface area contributed by atoms with Gasteiger partial charge in [-0.1, -0.05) is 32.9 Å². The Morgan fingerprint density at radius 1 is 1.38 bits per heavy atom. The maximum Gasteiger partial charge on any atom is 0.120 e. The van der Waals surface area contributed by atoms with E-state index in [-0.39, 0.29) is 6.10 Å². The van der Waals surface area contributed by atoms with Crippen molar-refractivity contribution in [2.45, 2.75) is 45.6 Å². The SMILES string of the molecule is CCC(CC#N)Oc1cccc(C(C)C)c1. The highest BCUT2D eigenvalue weighted by Gasteiger charge is 2.08. The third-order valence-electron chi connectivity index (χ3n) is 2.60. The molecule has 2 heteroatoms. The molecule has 0 saturated heterocycles. The summed E-state index contributed by atoms with van der Waals surface area (Å²) in [5, 5.41) is 8.66. The molecule has 0 aromatic heterocycles. The molecule has 0 aliphatic rings. The van der Waals surface area contributed by atoms with Crippen LogP contribution in [0.5, 0.6) is 5.75 Å². The van der Waals surface area contributed by atoms with E-state index in [4.69, 9.17) is 10.00 Å². The van der Waals surface area contributed by atoms with Gasteiger partial charge in [0.05, 0.1) is 12.5 Å². The molecule has 0 spiro atoms. The van der Waals surface area contributed by atoms with Crippen LogP contribution in [-0.4, -0.2) is 6.10 Å². The first-order valence-corrected chi connectivity index (χ1v) is 5.81. The molecule has 0 radical (unpaired) electrons. The maximum atomic E-state index is 8.66. The zero-order chi connectivity index (χ0) is 12.0. The van der Waals surface area contributed by atoms with Gasteiger partial charge in [-0.3, -0.25) is 0 Å². The number of ether oxygens (including phenoxy) is 1. The van der Waals surface area contributed by atoms with E-state index in [0.717, 1.165) is 12.2 Å². The van der Waals surface area contributed by atoms with Gasteiger partial charge in [-0.15, -0.1) is 0 Å². The van der Waals surface area contributed by atoms with Gasteiger partial charge in [0.2, 0.25) is 0 Å². The summed E-state index contributed by atoms with van der Waals surface area (Å²) in [5.41, 5.74) is 1.27.